The van der Waals surface area contributed by atoms with Gasteiger partial charge in [0.2, 0.25) is 0 Å². The largest absolute Gasteiger partial charge is 0.379 e. The minimum absolute atomic E-state index is 0.0743. The van der Waals surface area contributed by atoms with E-state index < -0.39 is 0 Å². The van der Waals surface area contributed by atoms with Crippen LogP contribution in [0.3, 0.4) is 0 Å². The molecule has 2 rings (SSSR count). The number of hydrogen-bond acceptors (Lipinski definition) is 5. The summed E-state index contributed by atoms with van der Waals surface area (Å²) in [4.78, 5) is 4.94. The summed E-state index contributed by atoms with van der Waals surface area (Å²) >= 11 is 0. The molecule has 124 valence electrons. The molecule has 0 aromatic carbocycles. The van der Waals surface area contributed by atoms with Gasteiger partial charge in [0, 0.05) is 37.3 Å². The number of rotatable bonds is 6. The maximum atomic E-state index is 6.10. The van der Waals surface area contributed by atoms with Gasteiger partial charge in [-0.25, -0.2) is 0 Å². The number of hydrogen-bond donors (Lipinski definition) is 0. The fourth-order valence-corrected chi connectivity index (χ4v) is 3.07. The van der Waals surface area contributed by atoms with Gasteiger partial charge in [-0.2, -0.15) is 0 Å². The summed E-state index contributed by atoms with van der Waals surface area (Å²) in [5.74, 6) is 0. The highest BCUT2D eigenvalue weighted by molar-refractivity contribution is 4.86. The van der Waals surface area contributed by atoms with Crippen LogP contribution in [0.1, 0.15) is 27.7 Å². The van der Waals surface area contributed by atoms with Crippen molar-refractivity contribution in [1.29, 1.82) is 0 Å². The van der Waals surface area contributed by atoms with Crippen LogP contribution in [-0.4, -0.2) is 86.7 Å². The number of morpholine rings is 2. The maximum absolute atomic E-state index is 6.10. The van der Waals surface area contributed by atoms with E-state index in [0.29, 0.717) is 0 Å². The Hall–Kier alpha value is -0.200. The zero-order valence-electron chi connectivity index (χ0n) is 14.2. The van der Waals surface area contributed by atoms with Crippen LogP contribution in [0.25, 0.3) is 0 Å². The van der Waals surface area contributed by atoms with Crippen molar-refractivity contribution < 1.29 is 14.2 Å². The van der Waals surface area contributed by atoms with E-state index in [0.717, 1.165) is 65.8 Å². The van der Waals surface area contributed by atoms with Crippen molar-refractivity contribution in [2.24, 2.45) is 0 Å². The van der Waals surface area contributed by atoms with Gasteiger partial charge < -0.3 is 14.2 Å². The summed E-state index contributed by atoms with van der Waals surface area (Å²) in [5, 5.41) is 0. The van der Waals surface area contributed by atoms with E-state index in [1.54, 1.807) is 0 Å². The molecule has 0 unspecified atom stereocenters. The van der Waals surface area contributed by atoms with Crippen LogP contribution in [0.15, 0.2) is 0 Å². The van der Waals surface area contributed by atoms with Gasteiger partial charge in [0.05, 0.1) is 39.6 Å². The molecule has 0 spiro atoms. The lowest BCUT2D eigenvalue weighted by atomic mass is 10.0. The Morgan fingerprint density at radius 1 is 0.714 bits per heavy atom. The van der Waals surface area contributed by atoms with Crippen molar-refractivity contribution in [3.8, 4) is 0 Å². The van der Waals surface area contributed by atoms with Crippen LogP contribution in [0.5, 0.6) is 0 Å². The van der Waals surface area contributed by atoms with Gasteiger partial charge in [0.15, 0.2) is 0 Å². The van der Waals surface area contributed by atoms with Crippen molar-refractivity contribution in [2.75, 3.05) is 65.8 Å². The van der Waals surface area contributed by atoms with E-state index in [-0.39, 0.29) is 11.1 Å². The molecule has 0 aromatic heterocycles. The van der Waals surface area contributed by atoms with Crippen LogP contribution >= 0.6 is 0 Å². The number of ether oxygens (including phenoxy) is 3. The Morgan fingerprint density at radius 2 is 1.05 bits per heavy atom. The Balaban J connectivity index is 1.76. The minimum Gasteiger partial charge on any atom is -0.379 e. The van der Waals surface area contributed by atoms with Gasteiger partial charge in [0.1, 0.15) is 0 Å². The molecule has 0 aliphatic carbocycles. The van der Waals surface area contributed by atoms with Crippen molar-refractivity contribution >= 4 is 0 Å². The molecular weight excluding hydrogens is 268 g/mol. The first-order chi connectivity index (χ1) is 9.92. The van der Waals surface area contributed by atoms with E-state index in [4.69, 9.17) is 14.2 Å². The molecular formula is C16H32N2O3. The lowest BCUT2D eigenvalue weighted by Crippen LogP contribution is -2.55. The van der Waals surface area contributed by atoms with Gasteiger partial charge in [0.25, 0.3) is 0 Å². The summed E-state index contributed by atoms with van der Waals surface area (Å²) < 4.78 is 17.0. The molecule has 21 heavy (non-hydrogen) atoms. The molecule has 2 heterocycles. The zero-order valence-corrected chi connectivity index (χ0v) is 14.2. The second-order valence-electron chi connectivity index (χ2n) is 7.32. The van der Waals surface area contributed by atoms with Gasteiger partial charge >= 0.3 is 0 Å². The average Bonchev–Trinajstić information content (AvgIpc) is 2.49. The Kier molecular flexibility index (Phi) is 6.03. The smallest absolute Gasteiger partial charge is 0.0646 e. The molecule has 2 fully saturated rings. The molecule has 0 atom stereocenters. The minimum atomic E-state index is 0.0743. The van der Waals surface area contributed by atoms with Gasteiger partial charge in [-0.05, 0) is 27.7 Å². The topological polar surface area (TPSA) is 34.2 Å². The second-order valence-corrected chi connectivity index (χ2v) is 7.32. The van der Waals surface area contributed by atoms with Crippen molar-refractivity contribution in [3.05, 3.63) is 0 Å². The summed E-state index contributed by atoms with van der Waals surface area (Å²) in [6.45, 7) is 17.9. The van der Waals surface area contributed by atoms with Crippen LogP contribution < -0.4 is 0 Å². The van der Waals surface area contributed by atoms with Crippen molar-refractivity contribution in [3.63, 3.8) is 0 Å². The third-order valence-electron chi connectivity index (χ3n) is 4.64. The monoisotopic (exact) mass is 300 g/mol. The van der Waals surface area contributed by atoms with Gasteiger partial charge in [-0.15, -0.1) is 0 Å². The SMILES string of the molecule is CC(C)(COCC(C)(C)N1CCOCC1)N1CCOCC1. The molecule has 0 saturated carbocycles. The quantitative estimate of drug-likeness (QED) is 0.737. The summed E-state index contributed by atoms with van der Waals surface area (Å²) in [6, 6.07) is 0. The van der Waals surface area contributed by atoms with E-state index in [2.05, 4.69) is 37.5 Å². The molecule has 5 nitrogen and oxygen atoms in total. The fraction of sp³-hybridized carbons (Fsp3) is 1.00. The molecule has 5 heteroatoms. The predicted octanol–water partition coefficient (Wildman–Crippen LogP) is 1.22. The van der Waals surface area contributed by atoms with Crippen molar-refractivity contribution in [2.45, 2.75) is 38.8 Å². The van der Waals surface area contributed by atoms with Crippen LogP contribution in [0.4, 0.5) is 0 Å². The lowest BCUT2D eigenvalue weighted by Gasteiger charge is -2.43. The summed E-state index contributed by atoms with van der Waals surface area (Å²) in [6.07, 6.45) is 0. The number of nitrogens with zero attached hydrogens (tertiary/aromatic N) is 2. The van der Waals surface area contributed by atoms with Gasteiger partial charge in [-0.3, -0.25) is 9.80 Å². The van der Waals surface area contributed by atoms with Gasteiger partial charge in [-0.1, -0.05) is 0 Å². The molecule has 0 N–H and O–H groups in total. The highest BCUT2D eigenvalue weighted by atomic mass is 16.5. The molecule has 0 amide bonds. The van der Waals surface area contributed by atoms with Crippen LogP contribution in [0.2, 0.25) is 0 Å². The average molecular weight is 300 g/mol. The van der Waals surface area contributed by atoms with Crippen LogP contribution in [0, 0.1) is 0 Å². The predicted molar refractivity (Wildman–Crippen MR) is 83.8 cm³/mol. The highest BCUT2D eigenvalue weighted by Crippen LogP contribution is 2.20. The Labute approximate surface area is 129 Å². The molecule has 2 saturated heterocycles. The van der Waals surface area contributed by atoms with E-state index in [1.807, 2.05) is 0 Å². The maximum Gasteiger partial charge on any atom is 0.0646 e. The van der Waals surface area contributed by atoms with Crippen LogP contribution in [-0.2, 0) is 14.2 Å². The molecule has 0 bridgehead atoms. The third kappa shape index (κ3) is 4.89. The van der Waals surface area contributed by atoms with Crippen molar-refractivity contribution in [1.82, 2.24) is 9.80 Å². The summed E-state index contributed by atoms with van der Waals surface area (Å²) in [7, 11) is 0. The van der Waals surface area contributed by atoms with E-state index >= 15 is 0 Å². The Morgan fingerprint density at radius 3 is 1.38 bits per heavy atom. The summed E-state index contributed by atoms with van der Waals surface area (Å²) in [5.41, 5.74) is 0.149. The molecule has 0 radical (unpaired) electrons. The second kappa shape index (κ2) is 7.38. The third-order valence-corrected chi connectivity index (χ3v) is 4.64. The Bertz CT molecular complexity index is 279. The molecule has 2 aliphatic rings. The van der Waals surface area contributed by atoms with E-state index in [1.165, 1.54) is 0 Å². The molecule has 0 aromatic rings. The normalized spacial score (nSPS) is 23.4. The molecule has 2 aliphatic heterocycles. The first-order valence-corrected chi connectivity index (χ1v) is 8.15. The fourth-order valence-electron chi connectivity index (χ4n) is 3.07. The zero-order chi connectivity index (χ0) is 15.3. The standard InChI is InChI=1S/C16H32N2O3/c1-15(2,17-5-9-19-10-6-17)13-21-14-16(3,4)18-7-11-20-12-8-18/h5-14H2,1-4H3. The first kappa shape index (κ1) is 17.2. The first-order valence-electron chi connectivity index (χ1n) is 8.15. The van der Waals surface area contributed by atoms with E-state index in [9.17, 15) is 0 Å². The lowest BCUT2D eigenvalue weighted by molar-refractivity contribution is -0.0769. The highest BCUT2D eigenvalue weighted by Gasteiger charge is 2.32.